The van der Waals surface area contributed by atoms with Crippen LogP contribution in [0.1, 0.15) is 20.8 Å². The molecule has 0 aliphatic heterocycles. The van der Waals surface area contributed by atoms with Gasteiger partial charge in [0.15, 0.2) is 0 Å². The fraction of sp³-hybridized carbons (Fsp3) is 1.00. The monoisotopic (exact) mass is 341 g/mol. The molecular weight excluding hydrogens is 326 g/mol. The molecule has 0 aromatic rings. The smallest absolute Gasteiger partial charge is 0.281 e. The summed E-state index contributed by atoms with van der Waals surface area (Å²) >= 11 is 0. The average molecular weight is 341 g/mol. The molecule has 0 radical (unpaired) electrons. The summed E-state index contributed by atoms with van der Waals surface area (Å²) in [5, 5.41) is -5.95. The first-order valence-corrected chi connectivity index (χ1v) is 9.27. The van der Waals surface area contributed by atoms with Crippen molar-refractivity contribution in [3.05, 3.63) is 0 Å². The predicted molar refractivity (Wildman–Crippen MR) is 64.9 cm³/mol. The molecule has 0 heterocycles. The van der Waals surface area contributed by atoms with Gasteiger partial charge in [0.05, 0.1) is 0 Å². The van der Waals surface area contributed by atoms with Crippen LogP contribution in [0.4, 0.5) is 0 Å². The molecule has 0 amide bonds. The van der Waals surface area contributed by atoms with Crippen molar-refractivity contribution in [2.75, 3.05) is 0 Å². The van der Waals surface area contributed by atoms with Crippen LogP contribution in [-0.2, 0) is 30.4 Å². The highest BCUT2D eigenvalue weighted by molar-refractivity contribution is 7.88. The Kier molecular flexibility index (Phi) is 5.50. The second kappa shape index (κ2) is 5.59. The lowest BCUT2D eigenvalue weighted by Gasteiger charge is -2.33. The fourth-order valence-corrected chi connectivity index (χ4v) is 3.60. The second-order valence-corrected chi connectivity index (χ2v) is 8.93. The van der Waals surface area contributed by atoms with Crippen LogP contribution in [0.5, 0.6) is 0 Å². The summed E-state index contributed by atoms with van der Waals surface area (Å²) in [6.07, 6.45) is 0. The average Bonchev–Trinajstić information content (AvgIpc) is 2.13. The van der Waals surface area contributed by atoms with E-state index in [0.717, 1.165) is 20.8 Å². The minimum atomic E-state index is -4.84. The zero-order chi connectivity index (χ0) is 15.8. The largest absolute Gasteiger partial charge is 0.284 e. The summed E-state index contributed by atoms with van der Waals surface area (Å²) in [4.78, 5) is 0.236. The molecule has 13 heteroatoms. The molecule has 0 aliphatic carbocycles. The van der Waals surface area contributed by atoms with Crippen LogP contribution in [0.15, 0.2) is 0 Å². The quantitative estimate of drug-likeness (QED) is 0.509. The van der Waals surface area contributed by atoms with Crippen LogP contribution in [0.3, 0.4) is 0 Å². The van der Waals surface area contributed by atoms with Gasteiger partial charge in [0.25, 0.3) is 30.4 Å². The minimum Gasteiger partial charge on any atom is -0.284 e. The van der Waals surface area contributed by atoms with Gasteiger partial charge in [-0.25, -0.2) is 4.90 Å². The van der Waals surface area contributed by atoms with Crippen molar-refractivity contribution in [1.29, 1.82) is 0 Å². The van der Waals surface area contributed by atoms with Crippen molar-refractivity contribution in [2.45, 2.75) is 36.9 Å². The van der Waals surface area contributed by atoms with Gasteiger partial charge in [0.2, 0.25) is 0 Å². The Balaban J connectivity index is 5.93. The van der Waals surface area contributed by atoms with Crippen molar-refractivity contribution < 1.29 is 38.9 Å². The van der Waals surface area contributed by atoms with Gasteiger partial charge in [-0.05, 0) is 20.8 Å². The summed E-state index contributed by atoms with van der Waals surface area (Å²) in [6, 6.07) is 0. The lowest BCUT2D eigenvalue weighted by atomic mass is 10.5. The highest BCUT2D eigenvalue weighted by Crippen LogP contribution is 2.20. The second-order valence-electron chi connectivity index (χ2n) is 3.79. The standard InChI is InChI=1S/C6H15NO9S3/c1-4(17(8,9)10)7(5(2)18(11,12)13)6(3)19(14,15)16/h4-6H,1-3H3,(H,8,9,10)(H,11,12,13)(H,14,15,16)/t4-,5-,6-/m0/s1. The van der Waals surface area contributed by atoms with E-state index in [9.17, 15) is 25.3 Å². The Morgan fingerprint density at radius 3 is 0.895 bits per heavy atom. The van der Waals surface area contributed by atoms with E-state index in [0.29, 0.717) is 0 Å². The lowest BCUT2D eigenvalue weighted by Crippen LogP contribution is -2.54. The molecule has 0 unspecified atom stereocenters. The van der Waals surface area contributed by atoms with Crippen molar-refractivity contribution in [2.24, 2.45) is 0 Å². The van der Waals surface area contributed by atoms with Crippen LogP contribution in [0, 0.1) is 0 Å². The van der Waals surface area contributed by atoms with Crippen LogP contribution in [-0.4, -0.2) is 59.9 Å². The first-order chi connectivity index (χ1) is 8.10. The van der Waals surface area contributed by atoms with Crippen LogP contribution in [0.25, 0.3) is 0 Å². The molecule has 0 bridgehead atoms. The maximum absolute atomic E-state index is 11.0. The van der Waals surface area contributed by atoms with E-state index in [1.807, 2.05) is 0 Å². The number of rotatable bonds is 6. The number of hydrogen-bond acceptors (Lipinski definition) is 7. The SMILES string of the molecule is C[C@@H](N([C@H](C)S(=O)(=O)O)[C@H](C)S(=O)(=O)O)S(=O)(=O)O. The zero-order valence-electron chi connectivity index (χ0n) is 10.2. The maximum atomic E-state index is 11.0. The molecule has 3 atom stereocenters. The van der Waals surface area contributed by atoms with Gasteiger partial charge >= 0.3 is 0 Å². The minimum absolute atomic E-state index is 0.236. The topological polar surface area (TPSA) is 166 Å². The van der Waals surface area contributed by atoms with Gasteiger partial charge in [0.1, 0.15) is 16.1 Å². The molecule has 10 nitrogen and oxygen atoms in total. The first kappa shape index (κ1) is 18.7. The molecule has 0 aromatic carbocycles. The molecule has 3 N–H and O–H groups in total. The molecule has 116 valence electrons. The predicted octanol–water partition coefficient (Wildman–Crippen LogP) is -1.01. The number of hydrogen-bond donors (Lipinski definition) is 3. The molecule has 0 aromatic heterocycles. The van der Waals surface area contributed by atoms with Gasteiger partial charge in [-0.2, -0.15) is 25.3 Å². The van der Waals surface area contributed by atoms with Crippen molar-refractivity contribution in [3.8, 4) is 0 Å². The van der Waals surface area contributed by atoms with E-state index in [1.54, 1.807) is 0 Å². The van der Waals surface area contributed by atoms with E-state index in [4.69, 9.17) is 13.7 Å². The summed E-state index contributed by atoms with van der Waals surface area (Å²) in [7, 11) is -14.5. The Morgan fingerprint density at radius 1 is 0.632 bits per heavy atom. The summed E-state index contributed by atoms with van der Waals surface area (Å²) in [6.45, 7) is 2.41. The maximum Gasteiger partial charge on any atom is 0.281 e. The van der Waals surface area contributed by atoms with Crippen molar-refractivity contribution in [3.63, 3.8) is 0 Å². The Bertz CT molecular complexity index is 529. The van der Waals surface area contributed by atoms with Crippen molar-refractivity contribution in [1.82, 2.24) is 4.90 Å². The third kappa shape index (κ3) is 4.94. The zero-order valence-corrected chi connectivity index (χ0v) is 12.6. The molecule has 0 aliphatic rings. The van der Waals surface area contributed by atoms with Gasteiger partial charge in [-0.15, -0.1) is 0 Å². The van der Waals surface area contributed by atoms with Gasteiger partial charge in [-0.1, -0.05) is 0 Å². The summed E-state index contributed by atoms with van der Waals surface area (Å²) in [5.41, 5.74) is 0. The van der Waals surface area contributed by atoms with Crippen LogP contribution >= 0.6 is 0 Å². The fourth-order valence-electron chi connectivity index (χ4n) is 1.35. The Labute approximate surface area is 111 Å². The van der Waals surface area contributed by atoms with Gasteiger partial charge in [0, 0.05) is 0 Å². The highest BCUT2D eigenvalue weighted by Gasteiger charge is 2.42. The molecule has 19 heavy (non-hydrogen) atoms. The highest BCUT2D eigenvalue weighted by atomic mass is 32.2. The Morgan fingerprint density at radius 2 is 0.789 bits per heavy atom. The van der Waals surface area contributed by atoms with E-state index < -0.39 is 46.5 Å². The molecular formula is C6H15NO9S3. The summed E-state index contributed by atoms with van der Waals surface area (Å²) in [5.74, 6) is 0. The third-order valence-corrected chi connectivity index (χ3v) is 5.87. The normalized spacial score (nSPS) is 19.1. The lowest BCUT2D eigenvalue weighted by molar-refractivity contribution is 0.204. The first-order valence-electron chi connectivity index (χ1n) is 4.76. The van der Waals surface area contributed by atoms with E-state index in [1.165, 1.54) is 0 Å². The molecule has 0 fully saturated rings. The van der Waals surface area contributed by atoms with Gasteiger partial charge in [-0.3, -0.25) is 13.7 Å². The molecule has 0 saturated heterocycles. The van der Waals surface area contributed by atoms with Crippen molar-refractivity contribution >= 4 is 30.4 Å². The molecule has 0 saturated carbocycles. The van der Waals surface area contributed by atoms with E-state index >= 15 is 0 Å². The van der Waals surface area contributed by atoms with E-state index in [-0.39, 0.29) is 4.90 Å². The van der Waals surface area contributed by atoms with E-state index in [2.05, 4.69) is 0 Å². The molecule has 0 rings (SSSR count). The summed E-state index contributed by atoms with van der Waals surface area (Å²) < 4.78 is 92.6. The number of nitrogens with zero attached hydrogens (tertiary/aromatic N) is 1. The third-order valence-electron chi connectivity index (χ3n) is 2.55. The van der Waals surface area contributed by atoms with Gasteiger partial charge < -0.3 is 0 Å². The van der Waals surface area contributed by atoms with Crippen LogP contribution < -0.4 is 0 Å². The van der Waals surface area contributed by atoms with Crippen LogP contribution in [0.2, 0.25) is 0 Å². The molecule has 0 spiro atoms. The Hall–Kier alpha value is -0.310.